The van der Waals surface area contributed by atoms with Crippen LogP contribution in [0.1, 0.15) is 11.1 Å². The second-order valence-electron chi connectivity index (χ2n) is 6.52. The summed E-state index contributed by atoms with van der Waals surface area (Å²) in [6.07, 6.45) is -2.49. The third-order valence-electron chi connectivity index (χ3n) is 4.67. The highest BCUT2D eigenvalue weighted by Crippen LogP contribution is 2.39. The fourth-order valence-electron chi connectivity index (χ4n) is 3.31. The quantitative estimate of drug-likeness (QED) is 0.629. The Morgan fingerprint density at radius 3 is 2.59 bits per heavy atom. The summed E-state index contributed by atoms with van der Waals surface area (Å²) in [5, 5.41) is 2.78. The molecule has 0 spiro atoms. The van der Waals surface area contributed by atoms with Crippen LogP contribution in [0.3, 0.4) is 0 Å². The molecule has 3 N–H and O–H groups in total. The Labute approximate surface area is 155 Å². The van der Waals surface area contributed by atoms with Crippen molar-refractivity contribution < 1.29 is 18.0 Å². The highest BCUT2D eigenvalue weighted by molar-refractivity contribution is 5.86. The molecule has 1 heterocycles. The Morgan fingerprint density at radius 1 is 1.26 bits per heavy atom. The predicted octanol–water partition coefficient (Wildman–Crippen LogP) is 3.90. The monoisotopic (exact) mass is 375 g/mol. The summed E-state index contributed by atoms with van der Waals surface area (Å²) in [5.74, 6) is -0.198. The number of amides is 1. The van der Waals surface area contributed by atoms with Gasteiger partial charge >= 0.3 is 6.18 Å². The Kier molecular flexibility index (Phi) is 5.12. The molecular weight excluding hydrogens is 355 g/mol. The minimum Gasteiger partial charge on any atom is -0.398 e. The lowest BCUT2D eigenvalue weighted by molar-refractivity contribution is -0.137. The van der Waals surface area contributed by atoms with Crippen molar-refractivity contribution >= 4 is 23.0 Å². The number of benzene rings is 2. The smallest absolute Gasteiger partial charge is 0.398 e. The minimum atomic E-state index is -4.37. The van der Waals surface area contributed by atoms with E-state index in [-0.39, 0.29) is 11.8 Å². The van der Waals surface area contributed by atoms with Crippen molar-refractivity contribution in [2.45, 2.75) is 12.6 Å². The Morgan fingerprint density at radius 2 is 1.96 bits per heavy atom. The molecular formula is C20H20F3N3O. The molecule has 1 aliphatic heterocycles. The van der Waals surface area contributed by atoms with Crippen LogP contribution >= 0.6 is 0 Å². The number of nitrogens with one attached hydrogen (secondary N) is 1. The fourth-order valence-corrected chi connectivity index (χ4v) is 3.31. The van der Waals surface area contributed by atoms with Gasteiger partial charge in [-0.05, 0) is 60.4 Å². The molecule has 0 aliphatic carbocycles. The van der Waals surface area contributed by atoms with E-state index in [1.807, 2.05) is 17.0 Å². The molecule has 0 radical (unpaired) electrons. The highest BCUT2D eigenvalue weighted by atomic mass is 19.4. The molecule has 7 heteroatoms. The van der Waals surface area contributed by atoms with Crippen molar-refractivity contribution in [3.63, 3.8) is 0 Å². The van der Waals surface area contributed by atoms with Crippen LogP contribution in [-0.4, -0.2) is 19.0 Å². The first kappa shape index (κ1) is 18.8. The van der Waals surface area contributed by atoms with Crippen LogP contribution in [0.15, 0.2) is 55.1 Å². The van der Waals surface area contributed by atoms with E-state index in [4.69, 9.17) is 5.73 Å². The molecule has 3 rings (SSSR count). The number of carbonyl (C=O) groups excluding carboxylic acids is 1. The lowest BCUT2D eigenvalue weighted by Gasteiger charge is -2.37. The van der Waals surface area contributed by atoms with Crippen molar-refractivity contribution in [3.05, 3.63) is 66.2 Å². The Hall–Kier alpha value is -2.96. The zero-order valence-corrected chi connectivity index (χ0v) is 14.6. The first-order valence-corrected chi connectivity index (χ1v) is 8.52. The summed E-state index contributed by atoms with van der Waals surface area (Å²) in [5.41, 5.74) is 8.52. The third kappa shape index (κ3) is 4.07. The summed E-state index contributed by atoms with van der Waals surface area (Å²) in [6.45, 7) is 4.41. The number of rotatable bonds is 4. The standard InChI is InChI=1S/C20H20F3N3O/c1-2-19(27)25-11-13-10-16-17(24)4-3-5-18(16)26(12-13)15-8-6-14(7-9-15)20(21,22)23/h2-9,13H,1,10-12,24H2,(H,25,27)/t13-/m0/s1. The van der Waals surface area contributed by atoms with E-state index < -0.39 is 11.7 Å². The molecule has 0 aromatic heterocycles. The number of nitrogen functional groups attached to an aromatic ring is 1. The van der Waals surface area contributed by atoms with Crippen LogP contribution in [-0.2, 0) is 17.4 Å². The second-order valence-corrected chi connectivity index (χ2v) is 6.52. The third-order valence-corrected chi connectivity index (χ3v) is 4.67. The molecule has 0 fully saturated rings. The van der Waals surface area contributed by atoms with Gasteiger partial charge in [-0.15, -0.1) is 0 Å². The number of hydrogen-bond donors (Lipinski definition) is 2. The van der Waals surface area contributed by atoms with Gasteiger partial charge in [0.25, 0.3) is 0 Å². The van der Waals surface area contributed by atoms with E-state index >= 15 is 0 Å². The van der Waals surface area contributed by atoms with E-state index in [9.17, 15) is 18.0 Å². The summed E-state index contributed by atoms with van der Waals surface area (Å²) in [7, 11) is 0. The number of halogens is 3. The van der Waals surface area contributed by atoms with Crippen LogP contribution in [0.25, 0.3) is 0 Å². The molecule has 0 saturated carbocycles. The molecule has 1 aliphatic rings. The van der Waals surface area contributed by atoms with Crippen molar-refractivity contribution in [2.75, 3.05) is 23.7 Å². The van der Waals surface area contributed by atoms with Crippen LogP contribution in [0, 0.1) is 5.92 Å². The molecule has 1 atom stereocenters. The zero-order chi connectivity index (χ0) is 19.6. The van der Waals surface area contributed by atoms with Crippen molar-refractivity contribution in [1.82, 2.24) is 5.32 Å². The molecule has 0 unspecified atom stereocenters. The Bertz CT molecular complexity index is 847. The van der Waals surface area contributed by atoms with Gasteiger partial charge in [0.15, 0.2) is 0 Å². The second kappa shape index (κ2) is 7.34. The molecule has 0 bridgehead atoms. The topological polar surface area (TPSA) is 58.4 Å². The lowest BCUT2D eigenvalue weighted by Crippen LogP contribution is -2.39. The van der Waals surface area contributed by atoms with Crippen molar-refractivity contribution in [3.8, 4) is 0 Å². The zero-order valence-electron chi connectivity index (χ0n) is 14.6. The van der Waals surface area contributed by atoms with E-state index in [1.165, 1.54) is 18.2 Å². The SMILES string of the molecule is C=CC(=O)NC[C@@H]1Cc2c(N)cccc2N(c2ccc(C(F)(F)F)cc2)C1. The average Bonchev–Trinajstić information content (AvgIpc) is 2.65. The molecule has 27 heavy (non-hydrogen) atoms. The van der Waals surface area contributed by atoms with Crippen LogP contribution in [0.5, 0.6) is 0 Å². The van der Waals surface area contributed by atoms with Crippen molar-refractivity contribution in [2.24, 2.45) is 5.92 Å². The van der Waals surface area contributed by atoms with Gasteiger partial charge in [0.1, 0.15) is 0 Å². The maximum absolute atomic E-state index is 12.8. The van der Waals surface area contributed by atoms with Gasteiger partial charge in [-0.3, -0.25) is 4.79 Å². The number of nitrogens with zero attached hydrogens (tertiary/aromatic N) is 1. The van der Waals surface area contributed by atoms with Crippen LogP contribution in [0.4, 0.5) is 30.2 Å². The largest absolute Gasteiger partial charge is 0.416 e. The van der Waals surface area contributed by atoms with Gasteiger partial charge in [0, 0.05) is 30.2 Å². The van der Waals surface area contributed by atoms with Gasteiger partial charge < -0.3 is 16.0 Å². The summed E-state index contributed by atoms with van der Waals surface area (Å²) >= 11 is 0. The Balaban J connectivity index is 1.92. The highest BCUT2D eigenvalue weighted by Gasteiger charge is 2.31. The van der Waals surface area contributed by atoms with E-state index in [1.54, 1.807) is 6.07 Å². The van der Waals surface area contributed by atoms with Gasteiger partial charge in [0.05, 0.1) is 5.56 Å². The van der Waals surface area contributed by atoms with E-state index in [0.717, 1.165) is 23.4 Å². The van der Waals surface area contributed by atoms with Gasteiger partial charge in [-0.1, -0.05) is 12.6 Å². The van der Waals surface area contributed by atoms with Crippen molar-refractivity contribution in [1.29, 1.82) is 0 Å². The molecule has 2 aromatic rings. The minimum absolute atomic E-state index is 0.0633. The number of nitrogens with two attached hydrogens (primary N) is 1. The normalized spacial score (nSPS) is 16.6. The van der Waals surface area contributed by atoms with Gasteiger partial charge in [-0.25, -0.2) is 0 Å². The number of carbonyl (C=O) groups is 1. The average molecular weight is 375 g/mol. The van der Waals surface area contributed by atoms with E-state index in [2.05, 4.69) is 11.9 Å². The fraction of sp³-hybridized carbons (Fsp3) is 0.250. The van der Waals surface area contributed by atoms with E-state index in [0.29, 0.717) is 30.9 Å². The number of alkyl halides is 3. The van der Waals surface area contributed by atoms with Gasteiger partial charge in [0.2, 0.25) is 5.91 Å². The van der Waals surface area contributed by atoms with Crippen LogP contribution in [0.2, 0.25) is 0 Å². The summed E-state index contributed by atoms with van der Waals surface area (Å²) in [6, 6.07) is 10.6. The molecule has 4 nitrogen and oxygen atoms in total. The predicted molar refractivity (Wildman–Crippen MR) is 99.7 cm³/mol. The maximum Gasteiger partial charge on any atom is 0.416 e. The first-order chi connectivity index (χ1) is 12.8. The molecule has 1 amide bonds. The number of hydrogen-bond acceptors (Lipinski definition) is 3. The molecule has 2 aromatic carbocycles. The first-order valence-electron chi connectivity index (χ1n) is 8.52. The summed E-state index contributed by atoms with van der Waals surface area (Å²) in [4.78, 5) is 13.4. The van der Waals surface area contributed by atoms with Gasteiger partial charge in [-0.2, -0.15) is 13.2 Å². The molecule has 142 valence electrons. The number of anilines is 3. The van der Waals surface area contributed by atoms with Crippen LogP contribution < -0.4 is 16.0 Å². The maximum atomic E-state index is 12.8. The number of fused-ring (bicyclic) bond motifs is 1. The lowest BCUT2D eigenvalue weighted by atomic mass is 9.90. The summed E-state index contributed by atoms with van der Waals surface area (Å²) < 4.78 is 38.5. The molecule has 0 saturated heterocycles.